The predicted octanol–water partition coefficient (Wildman–Crippen LogP) is 7.31. The van der Waals surface area contributed by atoms with Crippen LogP contribution in [0.15, 0.2) is 108 Å². The van der Waals surface area contributed by atoms with Gasteiger partial charge in [0.15, 0.2) is 0 Å². The number of halogens is 2. The fraction of sp³-hybridized carbons (Fsp3) is 0.235. The molecule has 4 aromatic rings. The van der Waals surface area contributed by atoms with E-state index in [-0.39, 0.29) is 17.1 Å². The summed E-state index contributed by atoms with van der Waals surface area (Å²) in [5, 5.41) is 3.52. The molecule has 11 heteroatoms. The van der Waals surface area contributed by atoms with Crippen LogP contribution in [-0.2, 0) is 26.2 Å². The maximum atomic E-state index is 14.2. The second kappa shape index (κ2) is 14.4. The molecule has 0 aromatic heterocycles. The molecule has 2 amide bonds. The predicted molar refractivity (Wildman–Crippen MR) is 178 cm³/mol. The number of hydrogen-bond acceptors (Lipinski definition) is 5. The summed E-state index contributed by atoms with van der Waals surface area (Å²) in [6.07, 6.45) is 0. The summed E-state index contributed by atoms with van der Waals surface area (Å²) in [5.41, 5.74) is 0.0913. The lowest BCUT2D eigenvalue weighted by Gasteiger charge is -2.33. The van der Waals surface area contributed by atoms with Crippen LogP contribution in [0.5, 0.6) is 11.5 Å². The minimum Gasteiger partial charge on any atom is -0.457 e. The zero-order valence-corrected chi connectivity index (χ0v) is 27.7. The second-order valence-electron chi connectivity index (χ2n) is 11.4. The lowest BCUT2D eigenvalue weighted by atomic mass is 10.1. The van der Waals surface area contributed by atoms with Gasteiger partial charge < -0.3 is 15.0 Å². The first kappa shape index (κ1) is 33.8. The van der Waals surface area contributed by atoms with Crippen LogP contribution < -0.4 is 14.4 Å². The molecule has 0 heterocycles. The largest absolute Gasteiger partial charge is 0.457 e. The van der Waals surface area contributed by atoms with Gasteiger partial charge in [0.25, 0.3) is 10.0 Å². The van der Waals surface area contributed by atoms with E-state index in [0.29, 0.717) is 27.1 Å². The zero-order valence-electron chi connectivity index (χ0n) is 25.4. The van der Waals surface area contributed by atoms with Crippen molar-refractivity contribution in [1.82, 2.24) is 10.2 Å². The van der Waals surface area contributed by atoms with E-state index >= 15 is 0 Å². The Morgan fingerprint density at radius 2 is 1.33 bits per heavy atom. The first-order valence-electron chi connectivity index (χ1n) is 14.2. The average Bonchev–Trinajstić information content (AvgIpc) is 3.00. The van der Waals surface area contributed by atoms with E-state index in [4.69, 9.17) is 27.9 Å². The van der Waals surface area contributed by atoms with Gasteiger partial charge in [-0.2, -0.15) is 0 Å². The first-order valence-corrected chi connectivity index (χ1v) is 16.4. The first-order chi connectivity index (χ1) is 21.3. The lowest BCUT2D eigenvalue weighted by Crippen LogP contribution is -2.54. The quantitative estimate of drug-likeness (QED) is 0.181. The summed E-state index contributed by atoms with van der Waals surface area (Å²) in [6, 6.07) is 27.3. The molecule has 8 nitrogen and oxygen atoms in total. The number of benzene rings is 4. The molecule has 1 atom stereocenters. The topological polar surface area (TPSA) is 96.0 Å². The highest BCUT2D eigenvalue weighted by Crippen LogP contribution is 2.30. The Kier molecular flexibility index (Phi) is 10.8. The Balaban J connectivity index is 1.73. The van der Waals surface area contributed by atoms with Crippen molar-refractivity contribution in [3.05, 3.63) is 119 Å². The van der Waals surface area contributed by atoms with Crippen LogP contribution in [0.2, 0.25) is 10.0 Å². The molecule has 0 saturated carbocycles. The molecule has 0 bridgehead atoms. The fourth-order valence-electron chi connectivity index (χ4n) is 4.46. The van der Waals surface area contributed by atoms with Crippen molar-refractivity contribution in [1.29, 1.82) is 0 Å². The Morgan fingerprint density at radius 1 is 0.800 bits per heavy atom. The van der Waals surface area contributed by atoms with Gasteiger partial charge in [-0.3, -0.25) is 13.9 Å². The SMILES string of the molecule is C[C@H](C(=O)NC(C)(C)C)N(Cc1c(Cl)cccc1Cl)C(=O)CN(c1ccc(Oc2ccccc2)cc1)S(=O)(=O)c1ccccc1. The summed E-state index contributed by atoms with van der Waals surface area (Å²) in [5.74, 6) is 0.0481. The van der Waals surface area contributed by atoms with E-state index in [1.807, 2.05) is 39.0 Å². The van der Waals surface area contributed by atoms with Crippen molar-refractivity contribution in [2.24, 2.45) is 0 Å². The van der Waals surface area contributed by atoms with Crippen molar-refractivity contribution in [3.8, 4) is 11.5 Å². The molecule has 0 unspecified atom stereocenters. The summed E-state index contributed by atoms with van der Waals surface area (Å²) < 4.78 is 35.0. The third-order valence-corrected chi connectivity index (χ3v) is 9.27. The molecule has 236 valence electrons. The number of nitrogens with one attached hydrogen (secondary N) is 1. The summed E-state index contributed by atoms with van der Waals surface area (Å²) >= 11 is 12.9. The standard InChI is InChI=1S/C34H35Cl2N3O5S/c1-24(33(41)37-34(2,3)4)38(22-29-30(35)16-11-17-31(29)36)32(40)23-39(45(42,43)28-14-9-6-10-15-28)25-18-20-27(21-19-25)44-26-12-7-5-8-13-26/h5-21,24H,22-23H2,1-4H3,(H,37,41)/t24-/m1/s1. The van der Waals surface area contributed by atoms with E-state index < -0.39 is 40.0 Å². The number of carbonyl (C=O) groups is 2. The molecule has 45 heavy (non-hydrogen) atoms. The van der Waals surface area contributed by atoms with Crippen molar-refractivity contribution < 1.29 is 22.7 Å². The molecule has 0 saturated heterocycles. The number of carbonyl (C=O) groups excluding carboxylic acids is 2. The van der Waals surface area contributed by atoms with E-state index in [0.717, 1.165) is 4.31 Å². The van der Waals surface area contributed by atoms with Gasteiger partial charge in [-0.1, -0.05) is 65.7 Å². The van der Waals surface area contributed by atoms with Crippen molar-refractivity contribution in [2.45, 2.75) is 50.7 Å². The zero-order chi connectivity index (χ0) is 32.8. The number of para-hydroxylation sites is 1. The number of hydrogen-bond donors (Lipinski definition) is 1. The Hall–Kier alpha value is -4.05. The molecule has 0 aliphatic heterocycles. The van der Waals surface area contributed by atoms with Crippen LogP contribution in [0, 0.1) is 0 Å². The fourth-order valence-corrected chi connectivity index (χ4v) is 6.42. The van der Waals surface area contributed by atoms with Gasteiger partial charge in [0.05, 0.1) is 10.6 Å². The van der Waals surface area contributed by atoms with Gasteiger partial charge in [-0.05, 0) is 88.4 Å². The van der Waals surface area contributed by atoms with Gasteiger partial charge in [0, 0.05) is 27.7 Å². The monoisotopic (exact) mass is 667 g/mol. The van der Waals surface area contributed by atoms with Crippen LogP contribution in [-0.4, -0.2) is 43.3 Å². The molecule has 4 rings (SSSR count). The Morgan fingerprint density at radius 3 is 1.89 bits per heavy atom. The van der Waals surface area contributed by atoms with Crippen LogP contribution in [0.4, 0.5) is 5.69 Å². The molecular formula is C34H35Cl2N3O5S. The Bertz CT molecular complexity index is 1710. The molecular weight excluding hydrogens is 633 g/mol. The summed E-state index contributed by atoms with van der Waals surface area (Å²) in [7, 11) is -4.23. The third kappa shape index (κ3) is 8.78. The van der Waals surface area contributed by atoms with Gasteiger partial charge in [0.1, 0.15) is 24.1 Å². The average molecular weight is 669 g/mol. The van der Waals surface area contributed by atoms with Gasteiger partial charge >= 0.3 is 0 Å². The summed E-state index contributed by atoms with van der Waals surface area (Å²) in [6.45, 7) is 6.33. The van der Waals surface area contributed by atoms with E-state index in [2.05, 4.69) is 5.32 Å². The third-order valence-electron chi connectivity index (χ3n) is 6.77. The maximum Gasteiger partial charge on any atom is 0.264 e. The number of ether oxygens (including phenoxy) is 1. The van der Waals surface area contributed by atoms with E-state index in [1.54, 1.807) is 79.7 Å². The van der Waals surface area contributed by atoms with Crippen LogP contribution in [0.1, 0.15) is 33.3 Å². The van der Waals surface area contributed by atoms with Crippen LogP contribution >= 0.6 is 23.2 Å². The maximum absolute atomic E-state index is 14.2. The number of nitrogens with zero attached hydrogens (tertiary/aromatic N) is 2. The van der Waals surface area contributed by atoms with Gasteiger partial charge in [0.2, 0.25) is 11.8 Å². The molecule has 0 radical (unpaired) electrons. The van der Waals surface area contributed by atoms with Crippen molar-refractivity contribution in [3.63, 3.8) is 0 Å². The van der Waals surface area contributed by atoms with Gasteiger partial charge in [-0.15, -0.1) is 0 Å². The summed E-state index contributed by atoms with van der Waals surface area (Å²) in [4.78, 5) is 28.8. The van der Waals surface area contributed by atoms with E-state index in [1.165, 1.54) is 17.0 Å². The number of rotatable bonds is 11. The van der Waals surface area contributed by atoms with E-state index in [9.17, 15) is 18.0 Å². The number of anilines is 1. The van der Waals surface area contributed by atoms with Gasteiger partial charge in [-0.25, -0.2) is 8.42 Å². The molecule has 0 fully saturated rings. The number of amides is 2. The molecule has 0 aliphatic carbocycles. The molecule has 0 spiro atoms. The highest BCUT2D eigenvalue weighted by Gasteiger charge is 2.34. The minimum absolute atomic E-state index is 0.00151. The molecule has 1 N–H and O–H groups in total. The Labute approximate surface area is 274 Å². The lowest BCUT2D eigenvalue weighted by molar-refractivity contribution is -0.140. The van der Waals surface area contributed by atoms with Crippen molar-refractivity contribution >= 4 is 50.7 Å². The normalized spacial score (nSPS) is 12.2. The highest BCUT2D eigenvalue weighted by atomic mass is 35.5. The van der Waals surface area contributed by atoms with Crippen molar-refractivity contribution in [2.75, 3.05) is 10.8 Å². The minimum atomic E-state index is -4.23. The molecule has 0 aliphatic rings. The highest BCUT2D eigenvalue weighted by molar-refractivity contribution is 7.92. The smallest absolute Gasteiger partial charge is 0.264 e. The second-order valence-corrected chi connectivity index (χ2v) is 14.0. The molecule has 4 aromatic carbocycles. The van der Waals surface area contributed by atoms with Crippen LogP contribution in [0.25, 0.3) is 0 Å². The number of sulfonamides is 1. The van der Waals surface area contributed by atoms with Crippen LogP contribution in [0.3, 0.4) is 0 Å².